The van der Waals surface area contributed by atoms with E-state index in [0.717, 1.165) is 4.31 Å². The highest BCUT2D eigenvalue weighted by molar-refractivity contribution is 7.89. The summed E-state index contributed by atoms with van der Waals surface area (Å²) in [4.78, 5) is 12.5. The number of hydrogen-bond acceptors (Lipinski definition) is 7. The third kappa shape index (κ3) is 5.27. The van der Waals surface area contributed by atoms with Gasteiger partial charge in [0.15, 0.2) is 0 Å². The number of carbonyl (C=O) groups excluding carboxylic acids is 1. The molecule has 0 radical (unpaired) electrons. The van der Waals surface area contributed by atoms with Crippen LogP contribution in [0.3, 0.4) is 0 Å². The third-order valence-corrected chi connectivity index (χ3v) is 8.59. The maximum atomic E-state index is 13.1. The van der Waals surface area contributed by atoms with Gasteiger partial charge in [-0.25, -0.2) is 16.8 Å². The topological polar surface area (TPSA) is 122 Å². The molecule has 3 rings (SSSR count). The number of nitrogens with one attached hydrogen (secondary N) is 1. The minimum absolute atomic E-state index is 0.0682. The Morgan fingerprint density at radius 3 is 2.38 bits per heavy atom. The zero-order valence-corrected chi connectivity index (χ0v) is 19.4. The minimum atomic E-state index is -3.87. The normalized spacial score (nSPS) is 15.5. The summed E-state index contributed by atoms with van der Waals surface area (Å²) in [6, 6.07) is 12.0. The first kappa shape index (κ1) is 24.1. The first-order valence-corrected chi connectivity index (χ1v) is 12.6. The first-order chi connectivity index (χ1) is 15.2. The molecule has 2 aromatic rings. The largest absolute Gasteiger partial charge is 0.495 e. The summed E-state index contributed by atoms with van der Waals surface area (Å²) in [6.07, 6.45) is 0. The molecule has 1 saturated heterocycles. The number of amides is 1. The van der Waals surface area contributed by atoms with E-state index in [1.54, 1.807) is 18.2 Å². The fourth-order valence-corrected chi connectivity index (χ4v) is 5.88. The van der Waals surface area contributed by atoms with Crippen molar-refractivity contribution in [2.45, 2.75) is 9.79 Å². The van der Waals surface area contributed by atoms with E-state index in [1.807, 2.05) is 0 Å². The van der Waals surface area contributed by atoms with Crippen molar-refractivity contribution in [3.8, 4) is 5.75 Å². The molecule has 1 amide bonds. The van der Waals surface area contributed by atoms with Crippen LogP contribution < -0.4 is 10.1 Å². The fraction of sp³-hybridized carbons (Fsp3) is 0.350. The average Bonchev–Trinajstić information content (AvgIpc) is 2.80. The van der Waals surface area contributed by atoms with Gasteiger partial charge in [0.05, 0.1) is 31.8 Å². The van der Waals surface area contributed by atoms with Gasteiger partial charge >= 0.3 is 0 Å². The van der Waals surface area contributed by atoms with Crippen LogP contribution >= 0.6 is 0 Å². The first-order valence-electron chi connectivity index (χ1n) is 9.73. The molecule has 1 aliphatic heterocycles. The lowest BCUT2D eigenvalue weighted by Crippen LogP contribution is -2.40. The van der Waals surface area contributed by atoms with Crippen molar-refractivity contribution in [2.24, 2.45) is 0 Å². The molecule has 0 aliphatic carbocycles. The highest BCUT2D eigenvalue weighted by Crippen LogP contribution is 2.30. The number of anilines is 1. The van der Waals surface area contributed by atoms with E-state index in [4.69, 9.17) is 9.47 Å². The van der Waals surface area contributed by atoms with Crippen molar-refractivity contribution >= 4 is 31.6 Å². The zero-order chi connectivity index (χ0) is 23.4. The number of methoxy groups -OCH3 is 1. The second-order valence-electron chi connectivity index (χ2n) is 7.00. The Labute approximate surface area is 187 Å². The Kier molecular flexibility index (Phi) is 7.51. The molecule has 0 aromatic heterocycles. The van der Waals surface area contributed by atoms with E-state index in [1.165, 1.54) is 48.8 Å². The Morgan fingerprint density at radius 1 is 1.09 bits per heavy atom. The molecule has 1 N–H and O–H groups in total. The Hall–Kier alpha value is -2.51. The minimum Gasteiger partial charge on any atom is -0.495 e. The molecule has 32 heavy (non-hydrogen) atoms. The smallest absolute Gasteiger partial charge is 0.246 e. The second kappa shape index (κ2) is 9.96. The Balaban J connectivity index is 1.77. The summed E-state index contributed by atoms with van der Waals surface area (Å²) >= 11 is 0. The van der Waals surface area contributed by atoms with Gasteiger partial charge in [0.25, 0.3) is 0 Å². The number of rotatable bonds is 8. The molecule has 0 atom stereocenters. The van der Waals surface area contributed by atoms with Crippen LogP contribution in [0.4, 0.5) is 5.69 Å². The number of sulfonamides is 2. The van der Waals surface area contributed by atoms with Crippen molar-refractivity contribution in [1.29, 1.82) is 0 Å². The monoisotopic (exact) mass is 483 g/mol. The van der Waals surface area contributed by atoms with Gasteiger partial charge in [-0.2, -0.15) is 8.61 Å². The highest BCUT2D eigenvalue weighted by Gasteiger charge is 2.30. The molecule has 12 heteroatoms. The van der Waals surface area contributed by atoms with Crippen molar-refractivity contribution in [2.75, 3.05) is 52.3 Å². The molecule has 0 unspecified atom stereocenters. The summed E-state index contributed by atoms with van der Waals surface area (Å²) in [7, 11) is -5.07. The molecule has 0 spiro atoms. The molecular formula is C20H25N3O7S2. The van der Waals surface area contributed by atoms with E-state index in [9.17, 15) is 21.6 Å². The summed E-state index contributed by atoms with van der Waals surface area (Å²) in [5.74, 6) is -0.481. The standard InChI is InChI=1S/C20H25N3O7S2/c1-22(31(25,26)17-6-4-3-5-7-17)15-20(24)21-16-8-9-18(29-2)19(14-16)32(27,28)23-10-12-30-13-11-23/h3-9,14H,10-13,15H2,1-2H3,(H,21,24). The van der Waals surface area contributed by atoms with E-state index in [2.05, 4.69) is 5.32 Å². The molecule has 0 bridgehead atoms. The summed E-state index contributed by atoms with van der Waals surface area (Å²) < 4.78 is 63.9. The molecule has 174 valence electrons. The van der Waals surface area contributed by atoms with Gasteiger partial charge in [-0.05, 0) is 30.3 Å². The number of ether oxygens (including phenoxy) is 2. The molecule has 0 saturated carbocycles. The maximum absolute atomic E-state index is 13.1. The Bertz CT molecular complexity index is 1160. The Morgan fingerprint density at radius 2 is 1.75 bits per heavy atom. The molecule has 1 aliphatic rings. The summed E-state index contributed by atoms with van der Waals surface area (Å²) in [6.45, 7) is 0.559. The van der Waals surface area contributed by atoms with Crippen molar-refractivity contribution < 1.29 is 31.1 Å². The predicted octanol–water partition coefficient (Wildman–Crippen LogP) is 0.975. The van der Waals surface area contributed by atoms with Crippen LogP contribution in [0.2, 0.25) is 0 Å². The van der Waals surface area contributed by atoms with Crippen LogP contribution in [0.5, 0.6) is 5.75 Å². The van der Waals surface area contributed by atoms with Crippen molar-refractivity contribution in [1.82, 2.24) is 8.61 Å². The van der Waals surface area contributed by atoms with Crippen molar-refractivity contribution in [3.05, 3.63) is 48.5 Å². The highest BCUT2D eigenvalue weighted by atomic mass is 32.2. The SMILES string of the molecule is COc1ccc(NC(=O)CN(C)S(=O)(=O)c2ccccc2)cc1S(=O)(=O)N1CCOCC1. The van der Waals surface area contributed by atoms with Gasteiger partial charge in [-0.1, -0.05) is 18.2 Å². The van der Waals surface area contributed by atoms with Crippen LogP contribution in [0.25, 0.3) is 0 Å². The predicted molar refractivity (Wildman–Crippen MR) is 117 cm³/mol. The van der Waals surface area contributed by atoms with Gasteiger partial charge in [0, 0.05) is 25.8 Å². The number of morpholine rings is 1. The fourth-order valence-electron chi connectivity index (χ4n) is 3.14. The molecule has 1 heterocycles. The lowest BCUT2D eigenvalue weighted by atomic mass is 10.3. The summed E-state index contributed by atoms with van der Waals surface area (Å²) in [5.41, 5.74) is 0.202. The maximum Gasteiger partial charge on any atom is 0.246 e. The van der Waals surface area contributed by atoms with Crippen LogP contribution in [0.15, 0.2) is 58.3 Å². The number of likely N-dealkylation sites (N-methyl/N-ethyl adjacent to an activating group) is 1. The number of benzene rings is 2. The lowest BCUT2D eigenvalue weighted by Gasteiger charge is -2.27. The zero-order valence-electron chi connectivity index (χ0n) is 17.7. The average molecular weight is 484 g/mol. The summed E-state index contributed by atoms with van der Waals surface area (Å²) in [5, 5.41) is 2.55. The van der Waals surface area contributed by atoms with Gasteiger partial charge in [-0.3, -0.25) is 4.79 Å². The van der Waals surface area contributed by atoms with Crippen LogP contribution in [0.1, 0.15) is 0 Å². The van der Waals surface area contributed by atoms with Gasteiger partial charge in [0.1, 0.15) is 10.6 Å². The number of carbonyl (C=O) groups is 1. The van der Waals surface area contributed by atoms with E-state index in [-0.39, 0.29) is 34.3 Å². The number of hydrogen-bond donors (Lipinski definition) is 1. The molecule has 1 fully saturated rings. The van der Waals surface area contributed by atoms with E-state index < -0.39 is 32.5 Å². The van der Waals surface area contributed by atoms with E-state index in [0.29, 0.717) is 13.2 Å². The molecule has 10 nitrogen and oxygen atoms in total. The molecule has 2 aromatic carbocycles. The van der Waals surface area contributed by atoms with Gasteiger partial charge < -0.3 is 14.8 Å². The van der Waals surface area contributed by atoms with Crippen LogP contribution in [-0.2, 0) is 29.6 Å². The van der Waals surface area contributed by atoms with Gasteiger partial charge in [-0.15, -0.1) is 0 Å². The van der Waals surface area contributed by atoms with E-state index >= 15 is 0 Å². The second-order valence-corrected chi connectivity index (χ2v) is 11.0. The van der Waals surface area contributed by atoms with Gasteiger partial charge in [0.2, 0.25) is 26.0 Å². The lowest BCUT2D eigenvalue weighted by molar-refractivity contribution is -0.116. The van der Waals surface area contributed by atoms with Crippen LogP contribution in [-0.4, -0.2) is 78.4 Å². The third-order valence-electron chi connectivity index (χ3n) is 4.85. The van der Waals surface area contributed by atoms with Crippen molar-refractivity contribution in [3.63, 3.8) is 0 Å². The number of nitrogens with zero attached hydrogens (tertiary/aromatic N) is 2. The molecular weight excluding hydrogens is 458 g/mol. The van der Waals surface area contributed by atoms with Crippen LogP contribution in [0, 0.1) is 0 Å². The quantitative estimate of drug-likeness (QED) is 0.594.